The topological polar surface area (TPSA) is 422 Å². The molecule has 28 heteroatoms. The van der Waals surface area contributed by atoms with Crippen LogP contribution in [0.4, 0.5) is 0 Å². The highest BCUT2D eigenvalue weighted by molar-refractivity contribution is 6.01. The number of esters is 1. The first-order valence-corrected chi connectivity index (χ1v) is 32.7. The lowest BCUT2D eigenvalue weighted by molar-refractivity contribution is -0.157. The molecule has 0 radical (unpaired) electrons. The average molecular weight is 1300 g/mol. The molecule has 2 fully saturated rings. The summed E-state index contributed by atoms with van der Waals surface area (Å²) in [6.45, 7) is 17.3. The maximum Gasteiger partial charge on any atom is 0.329 e. The lowest BCUT2D eigenvalue weighted by Gasteiger charge is -2.31. The molecule has 1 aromatic carbocycles. The van der Waals surface area contributed by atoms with Crippen molar-refractivity contribution in [2.75, 3.05) is 33.5 Å². The molecule has 1 aliphatic heterocycles. The summed E-state index contributed by atoms with van der Waals surface area (Å²) in [6.07, 6.45) is 4.07. The number of aliphatic hydroxyl groups excluding tert-OH is 2. The molecule has 28 nitrogen and oxygen atoms in total. The molecule has 0 aromatic heterocycles. The first-order valence-electron chi connectivity index (χ1n) is 32.7. The molecule has 2 aliphatic rings. The normalized spacial score (nSPS) is 22.8. The van der Waals surface area contributed by atoms with Crippen molar-refractivity contribution in [1.82, 2.24) is 58.5 Å². The molecule has 0 bridgehead atoms. The van der Waals surface area contributed by atoms with Gasteiger partial charge in [-0.05, 0) is 88.2 Å². The van der Waals surface area contributed by atoms with Crippen molar-refractivity contribution in [2.45, 2.75) is 232 Å². The van der Waals surface area contributed by atoms with Gasteiger partial charge in [-0.1, -0.05) is 138 Å². The van der Waals surface area contributed by atoms with Gasteiger partial charge in [0.15, 0.2) is 0 Å². The van der Waals surface area contributed by atoms with E-state index >= 15 is 0 Å². The number of likely N-dealkylation sites (N-methyl/N-ethyl adjacent to an activating group) is 1. The molecule has 15 N–H and O–H groups in total. The third kappa shape index (κ3) is 23.7. The number of hydrogen-bond acceptors (Lipinski definition) is 17. The summed E-state index contributed by atoms with van der Waals surface area (Å²) in [6, 6.07) is -4.99. The van der Waals surface area contributed by atoms with E-state index in [0.717, 1.165) is 31.2 Å². The minimum absolute atomic E-state index is 0.242. The standard InChI is InChI=1S/C64H106N12O16/c1-13-18-19-23-29-91-30-28-42-32-64(42)63(90)75-51(38(9)17-5)62(89)92-40(11)52(61(88)67-39(10)53(80)76-64)74-57(84)46(34-78)70-59(86)49(36(7)15-3)73-60(87)50(37(8)16-4)71-54(81)43(26-27-47(65)79)68-56(83)45(33-77)69-58(85)48(35(6)14-2)72-55(82)44(66-12)31-41-24-21-20-22-25-41/h20-22,24-25,35-40,42-46,48-52,66,77-78H,13-19,23,26-34H2,1-12H3,(H2,65,79)(H,67,88)(H,68,83)(H,69,85)(H,70,86)(H,71,81)(H,72,82)(H,73,87)(H,74,84)(H,75,90)(H,76,80)/t35-,36-,37-,38-,39-,40-,42?,43+,44+,45-,46-,48-,49-,50+,51-,52+,64?/m0/s1. The number of rotatable bonds is 38. The number of nitrogens with one attached hydrogen (secondary N) is 11. The minimum Gasteiger partial charge on any atom is -0.458 e. The van der Waals surface area contributed by atoms with Crippen LogP contribution in [0, 0.1) is 29.6 Å². The number of cyclic esters (lactones) is 1. The Labute approximate surface area is 541 Å². The van der Waals surface area contributed by atoms with Crippen LogP contribution in [0.1, 0.15) is 159 Å². The van der Waals surface area contributed by atoms with Crippen LogP contribution in [-0.2, 0) is 73.4 Å². The zero-order valence-electron chi connectivity index (χ0n) is 55.8. The number of primary amides is 1. The van der Waals surface area contributed by atoms with Gasteiger partial charge >= 0.3 is 5.97 Å². The van der Waals surface area contributed by atoms with Gasteiger partial charge in [0.2, 0.25) is 65.0 Å². The van der Waals surface area contributed by atoms with Crippen molar-refractivity contribution in [3.63, 3.8) is 0 Å². The molecule has 1 spiro atoms. The minimum atomic E-state index is -1.81. The number of nitrogens with two attached hydrogens (primary N) is 1. The molecular formula is C64H106N12O16. The summed E-state index contributed by atoms with van der Waals surface area (Å²) in [5, 5.41) is 50.0. The van der Waals surface area contributed by atoms with Crippen molar-refractivity contribution in [3.05, 3.63) is 35.9 Å². The second-order valence-corrected chi connectivity index (χ2v) is 24.7. The Bertz CT molecular complexity index is 2640. The van der Waals surface area contributed by atoms with Crippen molar-refractivity contribution in [3.8, 4) is 0 Å². The number of unbranched alkanes of at least 4 members (excludes halogenated alkanes) is 3. The Morgan fingerprint density at radius 1 is 0.641 bits per heavy atom. The smallest absolute Gasteiger partial charge is 0.329 e. The van der Waals surface area contributed by atoms with Gasteiger partial charge < -0.3 is 83.9 Å². The largest absolute Gasteiger partial charge is 0.458 e. The number of amides is 11. The quantitative estimate of drug-likeness (QED) is 0.0292. The first-order chi connectivity index (χ1) is 43.6. The highest BCUT2D eigenvalue weighted by atomic mass is 16.5. The second-order valence-electron chi connectivity index (χ2n) is 24.7. The molecule has 17 atom stereocenters. The van der Waals surface area contributed by atoms with E-state index in [1.807, 2.05) is 30.3 Å². The summed E-state index contributed by atoms with van der Waals surface area (Å²) in [5.41, 5.74) is 4.90. The van der Waals surface area contributed by atoms with E-state index in [1.165, 1.54) is 13.8 Å². The van der Waals surface area contributed by atoms with Crippen LogP contribution in [0.2, 0.25) is 0 Å². The monoisotopic (exact) mass is 1300 g/mol. The fourth-order valence-corrected chi connectivity index (χ4v) is 10.5. The van der Waals surface area contributed by atoms with Crippen molar-refractivity contribution in [1.29, 1.82) is 0 Å². The summed E-state index contributed by atoms with van der Waals surface area (Å²) in [5.74, 6) is -13.2. The molecule has 1 aliphatic carbocycles. The molecular weight excluding hydrogens is 1190 g/mol. The summed E-state index contributed by atoms with van der Waals surface area (Å²) in [7, 11) is 1.60. The Morgan fingerprint density at radius 3 is 1.66 bits per heavy atom. The van der Waals surface area contributed by atoms with Gasteiger partial charge in [0.25, 0.3) is 0 Å². The van der Waals surface area contributed by atoms with Crippen molar-refractivity contribution >= 4 is 70.9 Å². The third-order valence-corrected chi connectivity index (χ3v) is 17.7. The SMILES string of the molecule is CCCCCCOCCC1CC12NC(=O)[C@H](C)NC(=O)[C@H](NC(=O)[C@H](CO)NC(=O)[C@@H](NC(=O)[C@H](NC(=O)[C@@H](CCC(N)=O)NC(=O)[C@H](CO)NC(=O)[C@@H](NC(=O)[C@@H](Cc1ccccc1)NC)[C@@H](C)CC)[C@@H](C)CC)[C@@H](C)CC)[C@H](C)OC(=O)[C@H]([C@@H](C)CC)NC2=O. The Balaban J connectivity index is 1.84. The van der Waals surface area contributed by atoms with E-state index in [4.69, 9.17) is 15.2 Å². The highest BCUT2D eigenvalue weighted by Gasteiger charge is 2.61. The van der Waals surface area contributed by atoms with E-state index in [0.29, 0.717) is 38.9 Å². The zero-order chi connectivity index (χ0) is 69.0. The van der Waals surface area contributed by atoms with E-state index in [-0.39, 0.29) is 25.2 Å². The van der Waals surface area contributed by atoms with Crippen LogP contribution in [0.25, 0.3) is 0 Å². The number of hydrogen-bond donors (Lipinski definition) is 14. The van der Waals surface area contributed by atoms with Crippen molar-refractivity contribution < 1.29 is 77.2 Å². The van der Waals surface area contributed by atoms with Gasteiger partial charge in [0, 0.05) is 19.6 Å². The predicted molar refractivity (Wildman–Crippen MR) is 341 cm³/mol. The number of ether oxygens (including phenoxy) is 2. The molecule has 2 unspecified atom stereocenters. The maximum atomic E-state index is 14.4. The fraction of sp³-hybridized carbons (Fsp3) is 0.719. The van der Waals surface area contributed by atoms with Gasteiger partial charge in [0.1, 0.15) is 66.0 Å². The van der Waals surface area contributed by atoms with Crippen LogP contribution in [0.15, 0.2) is 30.3 Å². The van der Waals surface area contributed by atoms with Crippen LogP contribution < -0.4 is 64.2 Å². The van der Waals surface area contributed by atoms with Gasteiger partial charge in [-0.2, -0.15) is 0 Å². The van der Waals surface area contributed by atoms with Gasteiger partial charge in [-0.15, -0.1) is 0 Å². The number of carbonyl (C=O) groups is 12. The molecule has 1 heterocycles. The first kappa shape index (κ1) is 78.9. The molecule has 1 saturated carbocycles. The summed E-state index contributed by atoms with van der Waals surface area (Å²) >= 11 is 0. The average Bonchev–Trinajstić information content (AvgIpc) is 1.58. The maximum absolute atomic E-state index is 14.4. The number of benzene rings is 1. The Kier molecular flexibility index (Phi) is 33.7. The number of carbonyl (C=O) groups excluding carboxylic acids is 12. The molecule has 1 saturated heterocycles. The van der Waals surface area contributed by atoms with Crippen LogP contribution in [0.3, 0.4) is 0 Å². The zero-order valence-corrected chi connectivity index (χ0v) is 55.8. The molecule has 3 rings (SSSR count). The van der Waals surface area contributed by atoms with Gasteiger partial charge in [0.05, 0.1) is 19.3 Å². The predicted octanol–water partition coefficient (Wildman–Crippen LogP) is -0.558. The summed E-state index contributed by atoms with van der Waals surface area (Å²) < 4.78 is 11.6. The molecule has 11 amide bonds. The fourth-order valence-electron chi connectivity index (χ4n) is 10.5. The van der Waals surface area contributed by atoms with E-state index in [2.05, 4.69) is 65.4 Å². The number of aliphatic hydroxyl groups is 2. The van der Waals surface area contributed by atoms with Crippen molar-refractivity contribution in [2.24, 2.45) is 35.3 Å². The van der Waals surface area contributed by atoms with E-state index in [1.54, 1.807) is 62.4 Å². The lowest BCUT2D eigenvalue weighted by atomic mass is 9.94. The molecule has 92 heavy (non-hydrogen) atoms. The molecule has 1 aromatic rings. The van der Waals surface area contributed by atoms with Crippen LogP contribution in [-0.4, -0.2) is 187 Å². The molecule has 518 valence electrons. The van der Waals surface area contributed by atoms with E-state index in [9.17, 15) is 67.7 Å². The Hall–Kier alpha value is -7.30. The van der Waals surface area contributed by atoms with Gasteiger partial charge in [-0.3, -0.25) is 52.7 Å². The van der Waals surface area contributed by atoms with E-state index < -0.39 is 193 Å². The highest BCUT2D eigenvalue weighted by Crippen LogP contribution is 2.46. The van der Waals surface area contributed by atoms with Crippen LogP contribution >= 0.6 is 0 Å². The lowest BCUT2D eigenvalue weighted by Crippen LogP contribution is -2.63. The second kappa shape index (κ2) is 39.3. The third-order valence-electron chi connectivity index (χ3n) is 17.7. The summed E-state index contributed by atoms with van der Waals surface area (Å²) in [4.78, 5) is 167. The van der Waals surface area contributed by atoms with Gasteiger partial charge in [-0.25, -0.2) is 4.79 Å². The van der Waals surface area contributed by atoms with Crippen LogP contribution in [0.5, 0.6) is 0 Å². The Morgan fingerprint density at radius 2 is 1.15 bits per heavy atom.